The van der Waals surface area contributed by atoms with Gasteiger partial charge in [0.05, 0.1) is 26.9 Å². The van der Waals surface area contributed by atoms with Crippen molar-refractivity contribution in [1.82, 2.24) is 5.32 Å². The fourth-order valence-electron chi connectivity index (χ4n) is 2.63. The number of methoxy groups -OCH3 is 3. The Bertz CT molecular complexity index is 1020. The van der Waals surface area contributed by atoms with Gasteiger partial charge in [0.2, 0.25) is 0 Å². The minimum Gasteiger partial charge on any atom is -0.493 e. The normalized spacial score (nSPS) is 10.6. The molecule has 0 unspecified atom stereocenters. The Kier molecular flexibility index (Phi) is 8.46. The van der Waals surface area contributed by atoms with E-state index in [-0.39, 0.29) is 22.6 Å². The van der Waals surface area contributed by atoms with Crippen LogP contribution in [0.3, 0.4) is 0 Å². The lowest BCUT2D eigenvalue weighted by molar-refractivity contribution is -0.117. The van der Waals surface area contributed by atoms with E-state index in [2.05, 4.69) is 5.32 Å². The van der Waals surface area contributed by atoms with Gasteiger partial charge in [0.15, 0.2) is 23.0 Å². The average molecular weight is 424 g/mol. The summed E-state index contributed by atoms with van der Waals surface area (Å²) in [5, 5.41) is 11.9. The predicted molar refractivity (Wildman–Crippen MR) is 114 cm³/mol. The molecule has 8 heteroatoms. The summed E-state index contributed by atoms with van der Waals surface area (Å²) < 4.78 is 21.1. The van der Waals surface area contributed by atoms with Gasteiger partial charge in [-0.25, -0.2) is 4.79 Å². The molecule has 2 aromatic rings. The zero-order valence-corrected chi connectivity index (χ0v) is 17.9. The Morgan fingerprint density at radius 2 is 1.61 bits per heavy atom. The Balaban J connectivity index is 2.25. The third kappa shape index (κ3) is 6.00. The van der Waals surface area contributed by atoms with Crippen LogP contribution in [0.2, 0.25) is 0 Å². The van der Waals surface area contributed by atoms with E-state index in [1.54, 1.807) is 24.3 Å². The maximum absolute atomic E-state index is 12.6. The molecule has 0 aliphatic rings. The van der Waals surface area contributed by atoms with E-state index in [0.29, 0.717) is 23.6 Å². The lowest BCUT2D eigenvalue weighted by Gasteiger charge is -2.12. The van der Waals surface area contributed by atoms with Crippen molar-refractivity contribution >= 4 is 18.0 Å². The summed E-state index contributed by atoms with van der Waals surface area (Å²) in [5.41, 5.74) is 0.777. The van der Waals surface area contributed by atoms with Crippen molar-refractivity contribution in [1.29, 1.82) is 5.26 Å². The van der Waals surface area contributed by atoms with Crippen molar-refractivity contribution < 1.29 is 28.5 Å². The molecule has 0 heterocycles. The first-order chi connectivity index (χ1) is 15.0. The summed E-state index contributed by atoms with van der Waals surface area (Å²) in [7, 11) is 4.40. The molecule has 162 valence electrons. The summed E-state index contributed by atoms with van der Waals surface area (Å²) in [6.45, 7) is 2.40. The van der Waals surface area contributed by atoms with E-state index in [1.165, 1.54) is 39.5 Å². The topological polar surface area (TPSA) is 107 Å². The third-order valence-electron chi connectivity index (χ3n) is 4.22. The number of carbonyl (C=O) groups excluding carboxylic acids is 2. The van der Waals surface area contributed by atoms with Crippen LogP contribution in [0.25, 0.3) is 6.08 Å². The molecule has 0 atom stereocenters. The van der Waals surface area contributed by atoms with Crippen molar-refractivity contribution in [2.24, 2.45) is 0 Å². The van der Waals surface area contributed by atoms with Gasteiger partial charge < -0.3 is 24.3 Å². The van der Waals surface area contributed by atoms with Crippen LogP contribution in [0.15, 0.2) is 42.0 Å². The van der Waals surface area contributed by atoms with Crippen molar-refractivity contribution in [2.45, 2.75) is 13.3 Å². The standard InChI is InChI=1S/C23H24N2O6/c1-5-10-25-22(26)17(14-24)11-15-6-8-19(20(12-15)29-3)31-23(27)16-7-9-18(28-2)21(13-16)30-4/h6-9,11-13H,5,10H2,1-4H3,(H,25,26)/b17-11+. The van der Waals surface area contributed by atoms with Crippen LogP contribution in [-0.2, 0) is 4.79 Å². The Labute approximate surface area is 181 Å². The summed E-state index contributed by atoms with van der Waals surface area (Å²) in [6, 6.07) is 11.3. The largest absolute Gasteiger partial charge is 0.493 e. The molecule has 0 aromatic heterocycles. The van der Waals surface area contributed by atoms with Crippen LogP contribution < -0.4 is 24.3 Å². The van der Waals surface area contributed by atoms with E-state index in [0.717, 1.165) is 6.42 Å². The van der Waals surface area contributed by atoms with Crippen LogP contribution in [0.5, 0.6) is 23.0 Å². The van der Waals surface area contributed by atoms with Gasteiger partial charge in [0, 0.05) is 6.54 Å². The number of hydrogen-bond donors (Lipinski definition) is 1. The molecule has 1 N–H and O–H groups in total. The quantitative estimate of drug-likeness (QED) is 0.285. The minimum absolute atomic E-state index is 0.0365. The van der Waals surface area contributed by atoms with Gasteiger partial charge in [-0.1, -0.05) is 13.0 Å². The van der Waals surface area contributed by atoms with Crippen LogP contribution in [0.4, 0.5) is 0 Å². The molecule has 0 spiro atoms. The highest BCUT2D eigenvalue weighted by Gasteiger charge is 2.16. The fourth-order valence-corrected chi connectivity index (χ4v) is 2.63. The number of nitrogens with one attached hydrogen (secondary N) is 1. The summed E-state index contributed by atoms with van der Waals surface area (Å²) in [4.78, 5) is 24.6. The molecule has 0 fully saturated rings. The first-order valence-electron chi connectivity index (χ1n) is 9.49. The van der Waals surface area contributed by atoms with Crippen molar-refractivity contribution in [3.63, 3.8) is 0 Å². The zero-order chi connectivity index (χ0) is 22.8. The lowest BCUT2D eigenvalue weighted by atomic mass is 10.1. The van der Waals surface area contributed by atoms with Gasteiger partial charge in [0.1, 0.15) is 11.6 Å². The third-order valence-corrected chi connectivity index (χ3v) is 4.22. The lowest BCUT2D eigenvalue weighted by Crippen LogP contribution is -2.25. The SMILES string of the molecule is CCCNC(=O)/C(C#N)=C/c1ccc(OC(=O)c2ccc(OC)c(OC)c2)c(OC)c1. The summed E-state index contributed by atoms with van der Waals surface area (Å²) in [6.07, 6.45) is 2.20. The highest BCUT2D eigenvalue weighted by atomic mass is 16.6. The maximum atomic E-state index is 12.6. The minimum atomic E-state index is -0.612. The number of nitrogens with zero attached hydrogens (tertiary/aromatic N) is 1. The van der Waals surface area contributed by atoms with Crippen molar-refractivity contribution in [2.75, 3.05) is 27.9 Å². The molecule has 2 rings (SSSR count). The van der Waals surface area contributed by atoms with Crippen LogP contribution in [0.1, 0.15) is 29.3 Å². The second-order valence-electron chi connectivity index (χ2n) is 6.30. The number of benzene rings is 2. The number of carbonyl (C=O) groups is 2. The molecule has 0 aliphatic heterocycles. The number of rotatable bonds is 9. The highest BCUT2D eigenvalue weighted by molar-refractivity contribution is 6.01. The smallest absolute Gasteiger partial charge is 0.343 e. The molecule has 0 saturated heterocycles. The van der Waals surface area contributed by atoms with E-state index in [4.69, 9.17) is 18.9 Å². The number of amides is 1. The first-order valence-corrected chi connectivity index (χ1v) is 9.49. The molecular formula is C23H24N2O6. The Hall–Kier alpha value is -3.99. The van der Waals surface area contributed by atoms with Crippen LogP contribution in [0, 0.1) is 11.3 Å². The van der Waals surface area contributed by atoms with Gasteiger partial charge >= 0.3 is 5.97 Å². The molecule has 0 radical (unpaired) electrons. The molecule has 31 heavy (non-hydrogen) atoms. The number of nitriles is 1. The molecule has 2 aromatic carbocycles. The fraction of sp³-hybridized carbons (Fsp3) is 0.261. The van der Waals surface area contributed by atoms with Crippen LogP contribution in [-0.4, -0.2) is 39.8 Å². The molecule has 8 nitrogen and oxygen atoms in total. The van der Waals surface area contributed by atoms with E-state index >= 15 is 0 Å². The molecular weight excluding hydrogens is 400 g/mol. The van der Waals surface area contributed by atoms with E-state index < -0.39 is 11.9 Å². The summed E-state index contributed by atoms with van der Waals surface area (Å²) in [5.74, 6) is 0.285. The number of esters is 1. The van der Waals surface area contributed by atoms with Crippen molar-refractivity contribution in [3.05, 3.63) is 53.1 Å². The van der Waals surface area contributed by atoms with Gasteiger partial charge in [-0.05, 0) is 48.4 Å². The van der Waals surface area contributed by atoms with Gasteiger partial charge in [0.25, 0.3) is 5.91 Å². The summed E-state index contributed by atoms with van der Waals surface area (Å²) >= 11 is 0. The molecule has 0 saturated carbocycles. The Morgan fingerprint density at radius 3 is 2.23 bits per heavy atom. The van der Waals surface area contributed by atoms with Gasteiger partial charge in [-0.15, -0.1) is 0 Å². The number of hydrogen-bond acceptors (Lipinski definition) is 7. The second-order valence-corrected chi connectivity index (χ2v) is 6.30. The zero-order valence-electron chi connectivity index (χ0n) is 17.9. The van der Waals surface area contributed by atoms with Crippen LogP contribution >= 0.6 is 0 Å². The maximum Gasteiger partial charge on any atom is 0.343 e. The highest BCUT2D eigenvalue weighted by Crippen LogP contribution is 2.31. The average Bonchev–Trinajstić information content (AvgIpc) is 2.80. The van der Waals surface area contributed by atoms with E-state index in [9.17, 15) is 14.9 Å². The van der Waals surface area contributed by atoms with Gasteiger partial charge in [-0.3, -0.25) is 4.79 Å². The monoisotopic (exact) mass is 424 g/mol. The Morgan fingerprint density at radius 1 is 0.968 bits per heavy atom. The number of ether oxygens (including phenoxy) is 4. The second kappa shape index (κ2) is 11.3. The van der Waals surface area contributed by atoms with Gasteiger partial charge in [-0.2, -0.15) is 5.26 Å². The first kappa shape index (κ1) is 23.3. The predicted octanol–water partition coefficient (Wildman–Crippen LogP) is 3.36. The van der Waals surface area contributed by atoms with E-state index in [1.807, 2.05) is 13.0 Å². The van der Waals surface area contributed by atoms with Crippen molar-refractivity contribution in [3.8, 4) is 29.1 Å². The molecule has 0 bridgehead atoms. The molecule has 1 amide bonds. The molecule has 0 aliphatic carbocycles.